The lowest BCUT2D eigenvalue weighted by Gasteiger charge is -2.22. The highest BCUT2D eigenvalue weighted by atomic mass is 32.2. The van der Waals surface area contributed by atoms with Crippen LogP contribution < -0.4 is 20.3 Å². The van der Waals surface area contributed by atoms with Crippen LogP contribution in [0.5, 0.6) is 0 Å². The van der Waals surface area contributed by atoms with E-state index in [4.69, 9.17) is 10.2 Å². The lowest BCUT2D eigenvalue weighted by atomic mass is 10.2. The summed E-state index contributed by atoms with van der Waals surface area (Å²) in [5.41, 5.74) is 0.658. The molecule has 0 saturated carbocycles. The molecule has 0 radical (unpaired) electrons. The van der Waals surface area contributed by atoms with Gasteiger partial charge in [-0.15, -0.1) is 0 Å². The second-order valence-corrected chi connectivity index (χ2v) is 8.54. The Bertz CT molecular complexity index is 988. The summed E-state index contributed by atoms with van der Waals surface area (Å²) in [6, 6.07) is 5.96. The molecule has 0 aliphatic rings. The van der Waals surface area contributed by atoms with Crippen molar-refractivity contribution in [2.45, 2.75) is 6.92 Å². The number of carboxylic acids is 1. The summed E-state index contributed by atoms with van der Waals surface area (Å²) in [7, 11) is -3.38. The van der Waals surface area contributed by atoms with Gasteiger partial charge >= 0.3 is 5.97 Å². The van der Waals surface area contributed by atoms with Gasteiger partial charge in [0.15, 0.2) is 0 Å². The van der Waals surface area contributed by atoms with E-state index in [0.29, 0.717) is 5.69 Å². The minimum absolute atomic E-state index is 0.0529. The van der Waals surface area contributed by atoms with Gasteiger partial charge in [-0.1, -0.05) is 0 Å². The van der Waals surface area contributed by atoms with Crippen LogP contribution in [-0.2, 0) is 10.0 Å². The molecule has 13 nitrogen and oxygen atoms in total. The minimum Gasteiger partial charge on any atom is -0.478 e. The molecule has 0 spiro atoms. The number of anilines is 4. The zero-order valence-corrected chi connectivity index (χ0v) is 18.3. The smallest absolute Gasteiger partial charge is 0.335 e. The number of aromatic carboxylic acids is 1. The van der Waals surface area contributed by atoms with E-state index in [0.717, 1.165) is 0 Å². The first-order valence-electron chi connectivity index (χ1n) is 9.82. The van der Waals surface area contributed by atoms with Crippen LogP contribution in [-0.4, -0.2) is 89.8 Å². The molecule has 32 heavy (non-hydrogen) atoms. The molecule has 14 heteroatoms. The molecular formula is C18H27N7O6S. The number of aliphatic hydroxyl groups excluding tert-OH is 2. The molecule has 2 aromatic rings. The Morgan fingerprint density at radius 1 is 1.00 bits per heavy atom. The Kier molecular flexibility index (Phi) is 9.52. The fourth-order valence-electron chi connectivity index (χ4n) is 2.50. The predicted octanol–water partition coefficient (Wildman–Crippen LogP) is -0.544. The van der Waals surface area contributed by atoms with Crippen LogP contribution in [0.4, 0.5) is 23.5 Å². The van der Waals surface area contributed by atoms with Gasteiger partial charge in [-0.05, 0) is 31.2 Å². The van der Waals surface area contributed by atoms with E-state index in [9.17, 15) is 18.3 Å². The zero-order chi connectivity index (χ0) is 23.6. The molecule has 1 aromatic heterocycles. The summed E-state index contributed by atoms with van der Waals surface area (Å²) >= 11 is 0. The van der Waals surface area contributed by atoms with E-state index in [2.05, 4.69) is 30.3 Å². The molecule has 6 N–H and O–H groups in total. The number of benzene rings is 1. The number of nitrogens with zero attached hydrogens (tertiary/aromatic N) is 4. The summed E-state index contributed by atoms with van der Waals surface area (Å²) in [6.07, 6.45) is 0. The van der Waals surface area contributed by atoms with Crippen LogP contribution in [0.2, 0.25) is 0 Å². The monoisotopic (exact) mass is 469 g/mol. The van der Waals surface area contributed by atoms with Crippen molar-refractivity contribution in [1.82, 2.24) is 19.7 Å². The van der Waals surface area contributed by atoms with Gasteiger partial charge < -0.3 is 30.9 Å². The maximum atomic E-state index is 11.7. The van der Waals surface area contributed by atoms with Crippen molar-refractivity contribution < 1.29 is 28.5 Å². The van der Waals surface area contributed by atoms with Crippen molar-refractivity contribution in [2.75, 3.05) is 60.7 Å². The number of hydrogen-bond acceptors (Lipinski definition) is 11. The van der Waals surface area contributed by atoms with E-state index >= 15 is 0 Å². The van der Waals surface area contributed by atoms with Gasteiger partial charge in [-0.3, -0.25) is 0 Å². The Morgan fingerprint density at radius 3 is 2.28 bits per heavy atom. The Labute approximate surface area is 185 Å². The Hall–Kier alpha value is -3.07. The number of sulfonamides is 1. The van der Waals surface area contributed by atoms with Crippen molar-refractivity contribution in [1.29, 1.82) is 0 Å². The average molecular weight is 470 g/mol. The fraction of sp³-hybridized carbons (Fsp3) is 0.444. The van der Waals surface area contributed by atoms with Crippen LogP contribution in [0.3, 0.4) is 0 Å². The lowest BCUT2D eigenvalue weighted by molar-refractivity contribution is 0.0697. The molecule has 2 rings (SSSR count). The molecule has 0 amide bonds. The number of hydrogen-bond donors (Lipinski definition) is 6. The number of aliphatic hydroxyl groups is 2. The van der Waals surface area contributed by atoms with Crippen molar-refractivity contribution in [3.05, 3.63) is 29.8 Å². The second kappa shape index (κ2) is 12.1. The normalized spacial score (nSPS) is 11.2. The van der Waals surface area contributed by atoms with Crippen molar-refractivity contribution in [3.63, 3.8) is 0 Å². The SMILES string of the molecule is CCS(=O)(=O)NCCN(CCO)c1nc(NCCO)nc(Nc2ccc(C(=O)O)cc2)n1. The lowest BCUT2D eigenvalue weighted by Crippen LogP contribution is -2.38. The first-order chi connectivity index (χ1) is 15.3. The number of carbonyl (C=O) groups is 1. The Morgan fingerprint density at radius 2 is 1.69 bits per heavy atom. The number of carboxylic acid groups (broad SMARTS) is 1. The summed E-state index contributed by atoms with van der Waals surface area (Å²) < 4.78 is 25.8. The van der Waals surface area contributed by atoms with Crippen LogP contribution >= 0.6 is 0 Å². The van der Waals surface area contributed by atoms with Crippen LogP contribution in [0.1, 0.15) is 17.3 Å². The molecule has 0 bridgehead atoms. The van der Waals surface area contributed by atoms with Crippen molar-refractivity contribution in [3.8, 4) is 0 Å². The topological polar surface area (TPSA) is 190 Å². The van der Waals surface area contributed by atoms with E-state index in [1.54, 1.807) is 17.0 Å². The summed E-state index contributed by atoms with van der Waals surface area (Å²) in [5.74, 6) is -0.632. The highest BCUT2D eigenvalue weighted by molar-refractivity contribution is 7.89. The third-order valence-corrected chi connectivity index (χ3v) is 5.55. The average Bonchev–Trinajstić information content (AvgIpc) is 2.77. The summed E-state index contributed by atoms with van der Waals surface area (Å²) in [4.78, 5) is 25.4. The van der Waals surface area contributed by atoms with Gasteiger partial charge in [-0.25, -0.2) is 17.9 Å². The molecule has 0 unspecified atom stereocenters. The van der Waals surface area contributed by atoms with Crippen LogP contribution in [0.15, 0.2) is 24.3 Å². The largest absolute Gasteiger partial charge is 0.478 e. The minimum atomic E-state index is -3.38. The molecule has 176 valence electrons. The van der Waals surface area contributed by atoms with E-state index < -0.39 is 16.0 Å². The van der Waals surface area contributed by atoms with Crippen LogP contribution in [0.25, 0.3) is 0 Å². The fourth-order valence-corrected chi connectivity index (χ4v) is 3.11. The zero-order valence-electron chi connectivity index (χ0n) is 17.5. The number of nitrogens with one attached hydrogen (secondary N) is 3. The van der Waals surface area contributed by atoms with E-state index in [1.807, 2.05) is 0 Å². The first kappa shape index (κ1) is 25.2. The number of aromatic nitrogens is 3. The third-order valence-electron chi connectivity index (χ3n) is 4.14. The molecule has 0 aliphatic heterocycles. The maximum Gasteiger partial charge on any atom is 0.335 e. The molecule has 0 saturated heterocycles. The van der Waals surface area contributed by atoms with Gasteiger partial charge in [0, 0.05) is 31.9 Å². The molecule has 1 heterocycles. The molecular weight excluding hydrogens is 442 g/mol. The van der Waals surface area contributed by atoms with Gasteiger partial charge in [0.05, 0.1) is 24.5 Å². The quantitative estimate of drug-likeness (QED) is 0.207. The van der Waals surface area contributed by atoms with Crippen molar-refractivity contribution >= 4 is 39.5 Å². The third kappa shape index (κ3) is 7.88. The van der Waals surface area contributed by atoms with E-state index in [1.165, 1.54) is 19.1 Å². The van der Waals surface area contributed by atoms with Gasteiger partial charge in [0.2, 0.25) is 27.9 Å². The first-order valence-corrected chi connectivity index (χ1v) is 11.5. The molecule has 0 atom stereocenters. The highest BCUT2D eigenvalue weighted by Gasteiger charge is 2.15. The van der Waals surface area contributed by atoms with E-state index in [-0.39, 0.29) is 68.6 Å². The molecule has 1 aromatic carbocycles. The van der Waals surface area contributed by atoms with Crippen LogP contribution in [0, 0.1) is 0 Å². The van der Waals surface area contributed by atoms with Gasteiger partial charge in [-0.2, -0.15) is 15.0 Å². The summed E-state index contributed by atoms with van der Waals surface area (Å²) in [6.45, 7) is 1.76. The van der Waals surface area contributed by atoms with Crippen molar-refractivity contribution in [2.24, 2.45) is 0 Å². The maximum absolute atomic E-state index is 11.7. The van der Waals surface area contributed by atoms with Gasteiger partial charge in [0.25, 0.3) is 0 Å². The highest BCUT2D eigenvalue weighted by Crippen LogP contribution is 2.18. The Balaban J connectivity index is 2.27. The standard InChI is InChI=1S/C18H27N7O6S/c1-2-32(30,31)20-7-9-25(10-12-27)18-23-16(19-8-11-26)22-17(24-18)21-14-5-3-13(4-6-14)15(28)29/h3-6,20,26-27H,2,7-12H2,1H3,(H,28,29)(H2,19,21,22,23,24). The second-order valence-electron chi connectivity index (χ2n) is 6.45. The molecule has 0 fully saturated rings. The summed E-state index contributed by atoms with van der Waals surface area (Å²) in [5, 5.41) is 33.3. The molecule has 0 aliphatic carbocycles. The van der Waals surface area contributed by atoms with Gasteiger partial charge in [0.1, 0.15) is 0 Å². The predicted molar refractivity (Wildman–Crippen MR) is 119 cm³/mol. The number of rotatable bonds is 14.